The van der Waals surface area contributed by atoms with Crippen molar-refractivity contribution >= 4 is 41.7 Å². The Kier molecular flexibility index (Phi) is 9.30. The predicted molar refractivity (Wildman–Crippen MR) is 123 cm³/mol. The third-order valence-corrected chi connectivity index (χ3v) is 5.15. The molecule has 8 heteroatoms. The molecule has 0 aliphatic carbocycles. The fourth-order valence-corrected chi connectivity index (χ4v) is 3.65. The highest BCUT2D eigenvalue weighted by molar-refractivity contribution is 14.0. The van der Waals surface area contributed by atoms with Gasteiger partial charge < -0.3 is 25.2 Å². The standard InChI is InChI=1S/C20H31N5O2.HI/c1-21-19(24(2)14-17-8-11-27-15-17)22-13-16-6-5-7-18(12-16)23-20(26)25-9-3-4-10-25;/h5-7,12,17H,3-4,8-11,13-15H2,1-2H3,(H,21,22)(H,23,26);1H. The molecular weight excluding hydrogens is 469 g/mol. The van der Waals surface area contributed by atoms with Crippen LogP contribution in [-0.2, 0) is 11.3 Å². The van der Waals surface area contributed by atoms with Crippen LogP contribution in [0.25, 0.3) is 0 Å². The zero-order valence-electron chi connectivity index (χ0n) is 16.8. The van der Waals surface area contributed by atoms with E-state index in [-0.39, 0.29) is 30.0 Å². The second kappa shape index (κ2) is 11.5. The highest BCUT2D eigenvalue weighted by Crippen LogP contribution is 2.15. The van der Waals surface area contributed by atoms with Crippen molar-refractivity contribution < 1.29 is 9.53 Å². The maximum Gasteiger partial charge on any atom is 0.321 e. The summed E-state index contributed by atoms with van der Waals surface area (Å²) in [5.74, 6) is 1.44. The van der Waals surface area contributed by atoms with Crippen LogP contribution in [0.5, 0.6) is 0 Å². The van der Waals surface area contributed by atoms with Gasteiger partial charge in [-0.3, -0.25) is 4.99 Å². The Labute approximate surface area is 184 Å². The molecule has 0 bridgehead atoms. The molecule has 2 aliphatic heterocycles. The minimum atomic E-state index is -0.00747. The maximum atomic E-state index is 12.3. The highest BCUT2D eigenvalue weighted by atomic mass is 127. The second-order valence-corrected chi connectivity index (χ2v) is 7.34. The fourth-order valence-electron chi connectivity index (χ4n) is 3.65. The molecule has 0 saturated carbocycles. The van der Waals surface area contributed by atoms with Gasteiger partial charge in [0.15, 0.2) is 5.96 Å². The van der Waals surface area contributed by atoms with Crippen molar-refractivity contribution in [2.24, 2.45) is 10.9 Å². The Morgan fingerprint density at radius 2 is 2.14 bits per heavy atom. The van der Waals surface area contributed by atoms with Crippen LogP contribution >= 0.6 is 24.0 Å². The van der Waals surface area contributed by atoms with Crippen LogP contribution < -0.4 is 10.6 Å². The molecule has 2 heterocycles. The molecule has 1 aromatic carbocycles. The number of anilines is 1. The van der Waals surface area contributed by atoms with E-state index in [2.05, 4.69) is 33.6 Å². The first-order valence-corrected chi connectivity index (χ1v) is 9.80. The molecule has 3 rings (SSSR count). The monoisotopic (exact) mass is 501 g/mol. The average molecular weight is 501 g/mol. The summed E-state index contributed by atoms with van der Waals surface area (Å²) in [6.07, 6.45) is 3.30. The topological polar surface area (TPSA) is 69.2 Å². The third kappa shape index (κ3) is 6.51. The average Bonchev–Trinajstić information content (AvgIpc) is 3.36. The number of carbonyl (C=O) groups excluding carboxylic acids is 1. The Morgan fingerprint density at radius 3 is 2.82 bits per heavy atom. The molecule has 0 aromatic heterocycles. The summed E-state index contributed by atoms with van der Waals surface area (Å²) in [4.78, 5) is 20.7. The second-order valence-electron chi connectivity index (χ2n) is 7.34. The van der Waals surface area contributed by atoms with E-state index in [4.69, 9.17) is 4.74 Å². The van der Waals surface area contributed by atoms with Gasteiger partial charge in [0, 0.05) is 58.5 Å². The molecule has 2 N–H and O–H groups in total. The molecule has 2 saturated heterocycles. The lowest BCUT2D eigenvalue weighted by atomic mass is 10.1. The number of urea groups is 1. The number of ether oxygens (including phenoxy) is 1. The van der Waals surface area contributed by atoms with E-state index in [1.165, 1.54) is 0 Å². The zero-order chi connectivity index (χ0) is 19.1. The Morgan fingerprint density at radius 1 is 1.36 bits per heavy atom. The molecule has 156 valence electrons. The summed E-state index contributed by atoms with van der Waals surface area (Å²) in [5.41, 5.74) is 1.94. The van der Waals surface area contributed by atoms with Gasteiger partial charge in [-0.2, -0.15) is 0 Å². The van der Waals surface area contributed by atoms with Crippen molar-refractivity contribution in [1.82, 2.24) is 15.1 Å². The molecule has 2 fully saturated rings. The van der Waals surface area contributed by atoms with Crippen LogP contribution in [0.3, 0.4) is 0 Å². The Bertz CT molecular complexity index is 658. The number of hydrogen-bond donors (Lipinski definition) is 2. The van der Waals surface area contributed by atoms with Crippen LogP contribution in [0.2, 0.25) is 0 Å². The first-order valence-electron chi connectivity index (χ1n) is 9.80. The first-order chi connectivity index (χ1) is 13.2. The summed E-state index contributed by atoms with van der Waals surface area (Å²) < 4.78 is 5.46. The van der Waals surface area contributed by atoms with Gasteiger partial charge in [0.1, 0.15) is 0 Å². The number of carbonyl (C=O) groups is 1. The lowest BCUT2D eigenvalue weighted by Gasteiger charge is -2.24. The number of likely N-dealkylation sites (tertiary alicyclic amines) is 1. The summed E-state index contributed by atoms with van der Waals surface area (Å²) in [7, 11) is 3.86. The van der Waals surface area contributed by atoms with Crippen LogP contribution in [0.4, 0.5) is 10.5 Å². The van der Waals surface area contributed by atoms with E-state index in [1.54, 1.807) is 7.05 Å². The number of rotatable bonds is 5. The van der Waals surface area contributed by atoms with Gasteiger partial charge in [0.25, 0.3) is 0 Å². The summed E-state index contributed by atoms with van der Waals surface area (Å²) in [6, 6.07) is 7.96. The summed E-state index contributed by atoms with van der Waals surface area (Å²) in [6.45, 7) is 4.99. The summed E-state index contributed by atoms with van der Waals surface area (Å²) in [5, 5.41) is 6.41. The first kappa shape index (κ1) is 22.7. The highest BCUT2D eigenvalue weighted by Gasteiger charge is 2.19. The lowest BCUT2D eigenvalue weighted by molar-refractivity contribution is 0.181. The van der Waals surface area contributed by atoms with Crippen molar-refractivity contribution in [2.45, 2.75) is 25.8 Å². The normalized spacial score (nSPS) is 19.3. The number of benzene rings is 1. The molecule has 1 unspecified atom stereocenters. The Hall–Kier alpha value is -1.55. The van der Waals surface area contributed by atoms with E-state index >= 15 is 0 Å². The van der Waals surface area contributed by atoms with Crippen LogP contribution in [0.15, 0.2) is 29.3 Å². The number of nitrogens with zero attached hydrogens (tertiary/aromatic N) is 3. The molecule has 2 aliphatic rings. The Balaban J connectivity index is 0.00000280. The largest absolute Gasteiger partial charge is 0.381 e. The van der Waals surface area contributed by atoms with Gasteiger partial charge >= 0.3 is 6.03 Å². The number of amides is 2. The number of hydrogen-bond acceptors (Lipinski definition) is 3. The van der Waals surface area contributed by atoms with Crippen LogP contribution in [-0.4, -0.2) is 68.7 Å². The van der Waals surface area contributed by atoms with Gasteiger partial charge in [0.05, 0.1) is 6.61 Å². The molecule has 2 amide bonds. The molecule has 28 heavy (non-hydrogen) atoms. The van der Waals surface area contributed by atoms with Gasteiger partial charge in [0.2, 0.25) is 0 Å². The van der Waals surface area contributed by atoms with Crippen molar-refractivity contribution in [3.63, 3.8) is 0 Å². The lowest BCUT2D eigenvalue weighted by Crippen LogP contribution is -2.41. The van der Waals surface area contributed by atoms with E-state index in [9.17, 15) is 4.79 Å². The van der Waals surface area contributed by atoms with Gasteiger partial charge in [-0.1, -0.05) is 12.1 Å². The van der Waals surface area contributed by atoms with Crippen LogP contribution in [0.1, 0.15) is 24.8 Å². The van der Waals surface area contributed by atoms with E-state index in [0.29, 0.717) is 12.5 Å². The molecule has 1 aromatic rings. The predicted octanol–water partition coefficient (Wildman–Crippen LogP) is 2.98. The molecule has 1 atom stereocenters. The number of nitrogens with one attached hydrogen (secondary N) is 2. The molecular formula is C20H32IN5O2. The number of aliphatic imine (C=N–C) groups is 1. The van der Waals surface area contributed by atoms with Crippen molar-refractivity contribution in [3.05, 3.63) is 29.8 Å². The van der Waals surface area contributed by atoms with E-state index in [1.807, 2.05) is 23.1 Å². The maximum absolute atomic E-state index is 12.3. The van der Waals surface area contributed by atoms with Gasteiger partial charge in [-0.15, -0.1) is 24.0 Å². The summed E-state index contributed by atoms with van der Waals surface area (Å²) >= 11 is 0. The molecule has 7 nitrogen and oxygen atoms in total. The third-order valence-electron chi connectivity index (χ3n) is 5.15. The SMILES string of the molecule is CN=C(NCc1cccc(NC(=O)N2CCCC2)c1)N(C)CC1CCOC1.I. The minimum absolute atomic E-state index is 0. The van der Waals surface area contributed by atoms with Crippen molar-refractivity contribution in [1.29, 1.82) is 0 Å². The number of guanidine groups is 1. The fraction of sp³-hybridized carbons (Fsp3) is 0.600. The smallest absolute Gasteiger partial charge is 0.321 e. The van der Waals surface area contributed by atoms with Crippen molar-refractivity contribution in [2.75, 3.05) is 52.3 Å². The molecule has 0 radical (unpaired) electrons. The van der Waals surface area contributed by atoms with Gasteiger partial charge in [-0.25, -0.2) is 4.79 Å². The van der Waals surface area contributed by atoms with E-state index in [0.717, 1.165) is 69.3 Å². The molecule has 0 spiro atoms. The quantitative estimate of drug-likeness (QED) is 0.370. The van der Waals surface area contributed by atoms with Crippen molar-refractivity contribution in [3.8, 4) is 0 Å². The van der Waals surface area contributed by atoms with E-state index < -0.39 is 0 Å². The minimum Gasteiger partial charge on any atom is -0.381 e. The zero-order valence-corrected chi connectivity index (χ0v) is 19.1. The number of halogens is 1. The van der Waals surface area contributed by atoms with Gasteiger partial charge in [-0.05, 0) is 37.0 Å². The van der Waals surface area contributed by atoms with Crippen LogP contribution in [0, 0.1) is 5.92 Å².